The van der Waals surface area contributed by atoms with Crippen LogP contribution in [-0.2, 0) is 11.3 Å². The number of furan rings is 1. The molecule has 0 aliphatic rings. The van der Waals surface area contributed by atoms with Gasteiger partial charge < -0.3 is 14.7 Å². The summed E-state index contributed by atoms with van der Waals surface area (Å²) in [6, 6.07) is 13.1. The van der Waals surface area contributed by atoms with Crippen molar-refractivity contribution in [3.63, 3.8) is 0 Å². The van der Waals surface area contributed by atoms with Gasteiger partial charge in [0.25, 0.3) is 5.56 Å². The maximum absolute atomic E-state index is 13.0. The van der Waals surface area contributed by atoms with E-state index in [2.05, 4.69) is 15.3 Å². The van der Waals surface area contributed by atoms with Crippen LogP contribution in [0.1, 0.15) is 11.5 Å². The fourth-order valence-corrected chi connectivity index (χ4v) is 4.30. The zero-order valence-corrected chi connectivity index (χ0v) is 18.1. The second-order valence-electron chi connectivity index (χ2n) is 6.65. The molecule has 30 heavy (non-hydrogen) atoms. The first-order valence-electron chi connectivity index (χ1n) is 9.23. The van der Waals surface area contributed by atoms with Gasteiger partial charge in [-0.05, 0) is 49.6 Å². The molecule has 1 aromatic carbocycles. The molecule has 0 aliphatic heterocycles. The van der Waals surface area contributed by atoms with Gasteiger partial charge in [-0.15, -0.1) is 11.8 Å². The normalized spacial score (nSPS) is 11.1. The van der Waals surface area contributed by atoms with E-state index in [-0.39, 0.29) is 23.8 Å². The largest absolute Gasteiger partial charge is 0.467 e. The molecule has 0 atom stereocenters. The van der Waals surface area contributed by atoms with E-state index in [0.717, 1.165) is 16.3 Å². The van der Waals surface area contributed by atoms with E-state index in [9.17, 15) is 9.59 Å². The standard InChI is InChI=1S/C21H20N4O3S2/c1-13-9-17-19(22-13)20(27)25(11-15-6-4-8-28-15)21(24-17)30-12-18(26)23-14-5-3-7-16(10-14)29-2/h3-10,22H,11-12H2,1-2H3,(H,23,26). The molecule has 0 saturated heterocycles. The van der Waals surface area contributed by atoms with E-state index < -0.39 is 0 Å². The van der Waals surface area contributed by atoms with Gasteiger partial charge in [-0.25, -0.2) is 4.98 Å². The molecule has 0 saturated carbocycles. The lowest BCUT2D eigenvalue weighted by molar-refractivity contribution is -0.113. The molecule has 7 nitrogen and oxygen atoms in total. The van der Waals surface area contributed by atoms with Gasteiger partial charge in [-0.3, -0.25) is 14.2 Å². The summed E-state index contributed by atoms with van der Waals surface area (Å²) < 4.78 is 6.93. The summed E-state index contributed by atoms with van der Waals surface area (Å²) in [5, 5.41) is 3.36. The Labute approximate surface area is 181 Å². The maximum Gasteiger partial charge on any atom is 0.278 e. The van der Waals surface area contributed by atoms with Crippen molar-refractivity contribution < 1.29 is 9.21 Å². The first kappa shape index (κ1) is 20.4. The van der Waals surface area contributed by atoms with Crippen molar-refractivity contribution in [2.45, 2.75) is 23.5 Å². The van der Waals surface area contributed by atoms with E-state index in [1.807, 2.05) is 43.5 Å². The third-order valence-electron chi connectivity index (χ3n) is 4.42. The van der Waals surface area contributed by atoms with Gasteiger partial charge in [-0.2, -0.15) is 0 Å². The van der Waals surface area contributed by atoms with Crippen LogP contribution in [0.15, 0.2) is 68.0 Å². The van der Waals surface area contributed by atoms with Crippen LogP contribution in [0.25, 0.3) is 11.0 Å². The number of nitrogens with zero attached hydrogens (tertiary/aromatic N) is 2. The Balaban J connectivity index is 1.57. The van der Waals surface area contributed by atoms with Crippen molar-refractivity contribution in [3.8, 4) is 0 Å². The summed E-state index contributed by atoms with van der Waals surface area (Å²) in [7, 11) is 0. The molecule has 0 radical (unpaired) electrons. The number of H-pyrrole nitrogens is 1. The van der Waals surface area contributed by atoms with Crippen molar-refractivity contribution in [2.75, 3.05) is 17.3 Å². The molecule has 9 heteroatoms. The van der Waals surface area contributed by atoms with Gasteiger partial charge in [0, 0.05) is 16.3 Å². The van der Waals surface area contributed by atoms with Crippen LogP contribution in [0.5, 0.6) is 0 Å². The van der Waals surface area contributed by atoms with Crippen LogP contribution in [-0.4, -0.2) is 32.5 Å². The molecule has 3 aromatic heterocycles. The van der Waals surface area contributed by atoms with Crippen LogP contribution in [0, 0.1) is 6.92 Å². The number of nitrogens with one attached hydrogen (secondary N) is 2. The highest BCUT2D eigenvalue weighted by Gasteiger charge is 2.16. The van der Waals surface area contributed by atoms with E-state index >= 15 is 0 Å². The summed E-state index contributed by atoms with van der Waals surface area (Å²) >= 11 is 2.84. The molecule has 154 valence electrons. The van der Waals surface area contributed by atoms with Crippen molar-refractivity contribution in [3.05, 3.63) is 70.5 Å². The number of amides is 1. The molecule has 4 rings (SSSR count). The number of aryl methyl sites for hydroxylation is 1. The van der Waals surface area contributed by atoms with Gasteiger partial charge in [0.1, 0.15) is 11.3 Å². The van der Waals surface area contributed by atoms with Crippen LogP contribution in [0.4, 0.5) is 5.69 Å². The van der Waals surface area contributed by atoms with Gasteiger partial charge in [-0.1, -0.05) is 17.8 Å². The minimum atomic E-state index is -0.194. The Bertz CT molecular complexity index is 1250. The molecule has 0 unspecified atom stereocenters. The second-order valence-corrected chi connectivity index (χ2v) is 8.47. The smallest absolute Gasteiger partial charge is 0.278 e. The quantitative estimate of drug-likeness (QED) is 0.332. The Morgan fingerprint density at radius 2 is 2.13 bits per heavy atom. The molecular weight excluding hydrogens is 420 g/mol. The van der Waals surface area contributed by atoms with Gasteiger partial charge in [0.2, 0.25) is 5.91 Å². The van der Waals surface area contributed by atoms with E-state index in [1.54, 1.807) is 30.2 Å². The third kappa shape index (κ3) is 4.47. The number of fused-ring (bicyclic) bond motifs is 1. The highest BCUT2D eigenvalue weighted by molar-refractivity contribution is 7.99. The summed E-state index contributed by atoms with van der Waals surface area (Å²) in [5.41, 5.74) is 2.43. The number of anilines is 1. The van der Waals surface area contributed by atoms with Gasteiger partial charge in [0.15, 0.2) is 5.16 Å². The lowest BCUT2D eigenvalue weighted by Crippen LogP contribution is -2.24. The molecular formula is C21H20N4O3S2. The number of benzene rings is 1. The molecule has 4 aromatic rings. The zero-order valence-electron chi connectivity index (χ0n) is 16.5. The average Bonchev–Trinajstić information content (AvgIpc) is 3.38. The Hall–Kier alpha value is -2.91. The second kappa shape index (κ2) is 8.85. The number of aromatic amines is 1. The first-order valence-corrected chi connectivity index (χ1v) is 11.4. The summed E-state index contributed by atoms with van der Waals surface area (Å²) in [4.78, 5) is 34.3. The minimum absolute atomic E-state index is 0.128. The molecule has 2 N–H and O–H groups in total. The fraction of sp³-hybridized carbons (Fsp3) is 0.190. The Morgan fingerprint density at radius 3 is 2.90 bits per heavy atom. The summed E-state index contributed by atoms with van der Waals surface area (Å²) in [5.74, 6) is 0.604. The van der Waals surface area contributed by atoms with Crippen molar-refractivity contribution >= 4 is 46.2 Å². The monoisotopic (exact) mass is 440 g/mol. The first-order chi connectivity index (χ1) is 14.5. The van der Waals surface area contributed by atoms with Crippen molar-refractivity contribution in [2.24, 2.45) is 0 Å². The minimum Gasteiger partial charge on any atom is -0.467 e. The van der Waals surface area contributed by atoms with E-state index in [0.29, 0.717) is 22.0 Å². The Kier molecular flexibility index (Phi) is 6.01. The Morgan fingerprint density at radius 1 is 1.27 bits per heavy atom. The lowest BCUT2D eigenvalue weighted by atomic mass is 10.3. The topological polar surface area (TPSA) is 92.9 Å². The van der Waals surface area contributed by atoms with E-state index in [4.69, 9.17) is 4.42 Å². The molecule has 1 amide bonds. The average molecular weight is 441 g/mol. The lowest BCUT2D eigenvalue weighted by Gasteiger charge is -2.11. The number of hydrogen-bond donors (Lipinski definition) is 2. The van der Waals surface area contributed by atoms with Gasteiger partial charge >= 0.3 is 0 Å². The van der Waals surface area contributed by atoms with Gasteiger partial charge in [0.05, 0.1) is 24.1 Å². The van der Waals surface area contributed by atoms with Crippen LogP contribution in [0.2, 0.25) is 0 Å². The number of carbonyl (C=O) groups is 1. The summed E-state index contributed by atoms with van der Waals surface area (Å²) in [6.07, 6.45) is 3.55. The molecule has 0 fully saturated rings. The predicted octanol–water partition coefficient (Wildman–Crippen LogP) is 4.13. The number of rotatable bonds is 7. The number of thioether (sulfide) groups is 2. The SMILES string of the molecule is CSc1cccc(NC(=O)CSc2nc3cc(C)[nH]c3c(=O)n2Cc2ccco2)c1. The zero-order chi connectivity index (χ0) is 21.1. The maximum atomic E-state index is 13.0. The van der Waals surface area contributed by atoms with Crippen molar-refractivity contribution in [1.29, 1.82) is 0 Å². The predicted molar refractivity (Wildman–Crippen MR) is 120 cm³/mol. The highest BCUT2D eigenvalue weighted by atomic mass is 32.2. The number of hydrogen-bond acceptors (Lipinski definition) is 6. The van der Waals surface area contributed by atoms with Crippen molar-refractivity contribution in [1.82, 2.24) is 14.5 Å². The number of aromatic nitrogens is 3. The van der Waals surface area contributed by atoms with Crippen LogP contribution < -0.4 is 10.9 Å². The molecule has 0 bridgehead atoms. The summed E-state index contributed by atoms with van der Waals surface area (Å²) in [6.45, 7) is 2.12. The fourth-order valence-electron chi connectivity index (χ4n) is 3.05. The molecule has 0 aliphatic carbocycles. The molecule has 3 heterocycles. The molecule has 0 spiro atoms. The van der Waals surface area contributed by atoms with Crippen LogP contribution in [0.3, 0.4) is 0 Å². The van der Waals surface area contributed by atoms with Crippen LogP contribution >= 0.6 is 23.5 Å². The third-order valence-corrected chi connectivity index (χ3v) is 6.12. The number of carbonyl (C=O) groups excluding carboxylic acids is 1. The highest BCUT2D eigenvalue weighted by Crippen LogP contribution is 2.22. The van der Waals surface area contributed by atoms with E-state index in [1.165, 1.54) is 16.3 Å².